The number of methoxy groups -OCH3 is 1. The molecule has 2 aliphatic heterocycles. The standard InChI is InChI=1S/C30H29NO6/c1-17-7-6-8-18(13-17)26-25(27(32)19-9-11-22(35-5)21(14-19)30(2,3)4)28(33)29(34)31(26)20-10-12-23-24(15-20)37-16-36-23/h6-15,26,32H,16H2,1-5H3/b27-25+. The van der Waals surface area contributed by atoms with Crippen LogP contribution in [0, 0.1) is 6.92 Å². The monoisotopic (exact) mass is 499 g/mol. The molecule has 7 nitrogen and oxygen atoms in total. The summed E-state index contributed by atoms with van der Waals surface area (Å²) in [7, 11) is 1.60. The van der Waals surface area contributed by atoms with Crippen molar-refractivity contribution in [2.75, 3.05) is 18.8 Å². The van der Waals surface area contributed by atoms with E-state index in [1.165, 1.54) is 4.90 Å². The predicted octanol–water partition coefficient (Wildman–Crippen LogP) is 5.66. The third-order valence-corrected chi connectivity index (χ3v) is 6.72. The number of fused-ring (bicyclic) bond motifs is 1. The number of anilines is 1. The number of hydrogen-bond donors (Lipinski definition) is 1. The Bertz CT molecular complexity index is 1450. The van der Waals surface area contributed by atoms with Gasteiger partial charge in [-0.3, -0.25) is 14.5 Å². The highest BCUT2D eigenvalue weighted by molar-refractivity contribution is 6.51. The highest BCUT2D eigenvalue weighted by atomic mass is 16.7. The van der Waals surface area contributed by atoms with Crippen LogP contribution in [0.4, 0.5) is 5.69 Å². The van der Waals surface area contributed by atoms with Crippen molar-refractivity contribution in [3.63, 3.8) is 0 Å². The molecule has 1 atom stereocenters. The zero-order valence-corrected chi connectivity index (χ0v) is 21.5. The number of rotatable bonds is 4. The highest BCUT2D eigenvalue weighted by Crippen LogP contribution is 2.45. The minimum absolute atomic E-state index is 0.0262. The van der Waals surface area contributed by atoms with Gasteiger partial charge in [0, 0.05) is 22.9 Å². The Balaban J connectivity index is 1.72. The van der Waals surface area contributed by atoms with Crippen LogP contribution in [0.2, 0.25) is 0 Å². The van der Waals surface area contributed by atoms with Gasteiger partial charge in [-0.15, -0.1) is 0 Å². The maximum Gasteiger partial charge on any atom is 0.300 e. The average molecular weight is 500 g/mol. The average Bonchev–Trinajstić information content (AvgIpc) is 3.44. The number of ketones is 1. The molecule has 1 fully saturated rings. The fourth-order valence-corrected chi connectivity index (χ4v) is 4.89. The molecule has 1 unspecified atom stereocenters. The fraction of sp³-hybridized carbons (Fsp3) is 0.267. The lowest BCUT2D eigenvalue weighted by atomic mass is 9.84. The Morgan fingerprint density at radius 2 is 1.76 bits per heavy atom. The van der Waals surface area contributed by atoms with E-state index in [1.54, 1.807) is 37.4 Å². The van der Waals surface area contributed by atoms with E-state index in [2.05, 4.69) is 0 Å². The normalized spacial score (nSPS) is 18.4. The van der Waals surface area contributed by atoms with Gasteiger partial charge in [0.15, 0.2) is 11.5 Å². The number of hydrogen-bond acceptors (Lipinski definition) is 6. The smallest absolute Gasteiger partial charge is 0.300 e. The van der Waals surface area contributed by atoms with E-state index < -0.39 is 17.7 Å². The van der Waals surface area contributed by atoms with Crippen LogP contribution in [0.25, 0.3) is 5.76 Å². The molecule has 0 radical (unpaired) electrons. The summed E-state index contributed by atoms with van der Waals surface area (Å²) in [5, 5.41) is 11.6. The predicted molar refractivity (Wildman–Crippen MR) is 140 cm³/mol. The van der Waals surface area contributed by atoms with Crippen LogP contribution in [-0.2, 0) is 15.0 Å². The van der Waals surface area contributed by atoms with Gasteiger partial charge in [-0.25, -0.2) is 0 Å². The largest absolute Gasteiger partial charge is 0.507 e. The molecule has 0 bridgehead atoms. The lowest BCUT2D eigenvalue weighted by molar-refractivity contribution is -0.132. The summed E-state index contributed by atoms with van der Waals surface area (Å²) in [6.07, 6.45) is 0. The molecular formula is C30H29NO6. The van der Waals surface area contributed by atoms with Crippen molar-refractivity contribution in [1.29, 1.82) is 0 Å². The van der Waals surface area contributed by atoms with Crippen LogP contribution in [0.1, 0.15) is 49.1 Å². The molecule has 0 spiro atoms. The summed E-state index contributed by atoms with van der Waals surface area (Å²) >= 11 is 0. The molecule has 2 heterocycles. The number of aliphatic hydroxyl groups is 1. The first-order valence-corrected chi connectivity index (χ1v) is 12.1. The van der Waals surface area contributed by atoms with Crippen molar-refractivity contribution in [2.24, 2.45) is 0 Å². The van der Waals surface area contributed by atoms with Crippen molar-refractivity contribution in [3.8, 4) is 17.2 Å². The van der Waals surface area contributed by atoms with E-state index in [-0.39, 0.29) is 23.5 Å². The summed E-state index contributed by atoms with van der Waals surface area (Å²) < 4.78 is 16.5. The summed E-state index contributed by atoms with van der Waals surface area (Å²) in [6, 6.07) is 17.1. The first kappa shape index (κ1) is 24.4. The second kappa shape index (κ2) is 9.00. The highest BCUT2D eigenvalue weighted by Gasteiger charge is 2.47. The van der Waals surface area contributed by atoms with Crippen molar-refractivity contribution < 1.29 is 28.9 Å². The zero-order valence-electron chi connectivity index (χ0n) is 21.5. The summed E-state index contributed by atoms with van der Waals surface area (Å²) in [5.74, 6) is 0.0281. The first-order chi connectivity index (χ1) is 17.6. The number of aliphatic hydroxyl groups excluding tert-OH is 1. The molecule has 3 aromatic rings. The van der Waals surface area contributed by atoms with Gasteiger partial charge in [-0.2, -0.15) is 0 Å². The Morgan fingerprint density at radius 3 is 2.46 bits per heavy atom. The van der Waals surface area contributed by atoms with Gasteiger partial charge in [0.05, 0.1) is 18.7 Å². The quantitative estimate of drug-likeness (QED) is 0.283. The number of aryl methyl sites for hydroxylation is 1. The van der Waals surface area contributed by atoms with E-state index in [1.807, 2.05) is 58.0 Å². The molecule has 0 aromatic heterocycles. The Hall–Kier alpha value is -4.26. The van der Waals surface area contributed by atoms with Crippen molar-refractivity contribution in [3.05, 3.63) is 88.5 Å². The summed E-state index contributed by atoms with van der Waals surface area (Å²) in [4.78, 5) is 28.4. The number of amides is 1. The Kier molecular flexibility index (Phi) is 5.94. The number of Topliss-reactive ketones (excluding diaryl/α,β-unsaturated/α-hetero) is 1. The molecule has 37 heavy (non-hydrogen) atoms. The Morgan fingerprint density at radius 1 is 1.00 bits per heavy atom. The number of nitrogens with zero attached hydrogens (tertiary/aromatic N) is 1. The molecule has 0 saturated carbocycles. The maximum absolute atomic E-state index is 13.5. The van der Waals surface area contributed by atoms with E-state index >= 15 is 0 Å². The number of carbonyl (C=O) groups is 2. The number of ether oxygens (including phenoxy) is 3. The van der Waals surface area contributed by atoms with Crippen molar-refractivity contribution >= 4 is 23.1 Å². The van der Waals surface area contributed by atoms with Crippen LogP contribution in [0.5, 0.6) is 17.2 Å². The topological polar surface area (TPSA) is 85.3 Å². The third-order valence-electron chi connectivity index (χ3n) is 6.72. The van der Waals surface area contributed by atoms with Gasteiger partial charge >= 0.3 is 0 Å². The van der Waals surface area contributed by atoms with Gasteiger partial charge in [0.2, 0.25) is 6.79 Å². The minimum Gasteiger partial charge on any atom is -0.507 e. The molecule has 1 saturated heterocycles. The van der Waals surface area contributed by atoms with E-state index in [4.69, 9.17) is 14.2 Å². The van der Waals surface area contributed by atoms with Gasteiger partial charge in [0.1, 0.15) is 11.5 Å². The zero-order chi connectivity index (χ0) is 26.5. The van der Waals surface area contributed by atoms with Crippen molar-refractivity contribution in [2.45, 2.75) is 39.2 Å². The van der Waals surface area contributed by atoms with Crippen LogP contribution >= 0.6 is 0 Å². The maximum atomic E-state index is 13.5. The van der Waals surface area contributed by atoms with E-state index in [0.29, 0.717) is 34.1 Å². The molecule has 1 amide bonds. The van der Waals surface area contributed by atoms with Crippen LogP contribution in [0.15, 0.2) is 66.2 Å². The molecular weight excluding hydrogens is 470 g/mol. The summed E-state index contributed by atoms with van der Waals surface area (Å²) in [5.41, 5.74) is 3.20. The molecule has 190 valence electrons. The fourth-order valence-electron chi connectivity index (χ4n) is 4.89. The second-order valence-electron chi connectivity index (χ2n) is 10.3. The van der Waals surface area contributed by atoms with Gasteiger partial charge < -0.3 is 19.3 Å². The van der Waals surface area contributed by atoms with Crippen LogP contribution < -0.4 is 19.1 Å². The van der Waals surface area contributed by atoms with Gasteiger partial charge in [0.25, 0.3) is 11.7 Å². The van der Waals surface area contributed by atoms with E-state index in [0.717, 1.165) is 11.1 Å². The minimum atomic E-state index is -0.833. The van der Waals surface area contributed by atoms with E-state index in [9.17, 15) is 14.7 Å². The molecule has 0 aliphatic carbocycles. The Labute approximate surface area is 215 Å². The number of benzene rings is 3. The first-order valence-electron chi connectivity index (χ1n) is 12.1. The number of carbonyl (C=O) groups excluding carboxylic acids is 2. The van der Waals surface area contributed by atoms with Crippen LogP contribution in [-0.4, -0.2) is 30.7 Å². The SMILES string of the molecule is COc1ccc(/C(O)=C2\C(=O)C(=O)N(c3ccc4c(c3)OCO4)C2c2cccc(C)c2)cc1C(C)(C)C. The third kappa shape index (κ3) is 4.20. The molecule has 5 rings (SSSR count). The lowest BCUT2D eigenvalue weighted by Gasteiger charge is -2.26. The van der Waals surface area contributed by atoms with Gasteiger partial charge in [-0.05, 0) is 48.2 Å². The second-order valence-corrected chi connectivity index (χ2v) is 10.3. The summed E-state index contributed by atoms with van der Waals surface area (Å²) in [6.45, 7) is 8.15. The molecule has 2 aliphatic rings. The molecule has 7 heteroatoms. The molecule has 1 N–H and O–H groups in total. The van der Waals surface area contributed by atoms with Crippen LogP contribution in [0.3, 0.4) is 0 Å². The van der Waals surface area contributed by atoms with Gasteiger partial charge in [-0.1, -0.05) is 50.6 Å². The lowest BCUT2D eigenvalue weighted by Crippen LogP contribution is -2.29. The van der Waals surface area contributed by atoms with Crippen molar-refractivity contribution in [1.82, 2.24) is 0 Å². The molecule has 3 aromatic carbocycles.